The van der Waals surface area contributed by atoms with Gasteiger partial charge in [0.2, 0.25) is 0 Å². The topological polar surface area (TPSA) is 26.3 Å². The van der Waals surface area contributed by atoms with Gasteiger partial charge < -0.3 is 4.74 Å². The first kappa shape index (κ1) is 14.0. The van der Waals surface area contributed by atoms with Gasteiger partial charge in [0, 0.05) is 11.6 Å². The lowest BCUT2D eigenvalue weighted by atomic mass is 10.1. The second kappa shape index (κ2) is 8.31. The summed E-state index contributed by atoms with van der Waals surface area (Å²) in [6, 6.07) is 0. The third-order valence-corrected chi connectivity index (χ3v) is 1.78. The first-order chi connectivity index (χ1) is 7.65. The van der Waals surface area contributed by atoms with Crippen molar-refractivity contribution in [3.8, 4) is 12.3 Å². The molecule has 0 aliphatic heterocycles. The Morgan fingerprint density at radius 2 is 2.19 bits per heavy atom. The highest BCUT2D eigenvalue weighted by atomic mass is 16.5. The van der Waals surface area contributed by atoms with Gasteiger partial charge in [-0.25, -0.2) is 4.79 Å². The Balaban J connectivity index is 4.44. The summed E-state index contributed by atoms with van der Waals surface area (Å²) in [6.07, 6.45) is 13.8. The predicted molar refractivity (Wildman–Crippen MR) is 66.6 cm³/mol. The number of rotatable bonds is 5. The Morgan fingerprint density at radius 3 is 2.69 bits per heavy atom. The van der Waals surface area contributed by atoms with Crippen molar-refractivity contribution < 1.29 is 9.53 Å². The maximum absolute atomic E-state index is 10.7. The van der Waals surface area contributed by atoms with Crippen LogP contribution in [0.25, 0.3) is 0 Å². The van der Waals surface area contributed by atoms with E-state index in [1.165, 1.54) is 0 Å². The van der Waals surface area contributed by atoms with Crippen LogP contribution in [-0.2, 0) is 9.53 Å². The van der Waals surface area contributed by atoms with Crippen LogP contribution in [0.5, 0.6) is 0 Å². The van der Waals surface area contributed by atoms with Crippen LogP contribution >= 0.6 is 0 Å². The molecule has 0 bridgehead atoms. The SMILES string of the molecule is C#C/C(C)=C(/C=C\C)\C=C/COC(=O)C=C. The Hall–Kier alpha value is -2.01. The molecule has 84 valence electrons. The number of esters is 1. The zero-order valence-electron chi connectivity index (χ0n) is 9.69. The van der Waals surface area contributed by atoms with Crippen molar-refractivity contribution in [2.24, 2.45) is 0 Å². The number of carbonyl (C=O) groups is 1. The summed E-state index contributed by atoms with van der Waals surface area (Å²) in [7, 11) is 0. The highest BCUT2D eigenvalue weighted by Crippen LogP contribution is 2.06. The van der Waals surface area contributed by atoms with E-state index in [0.717, 1.165) is 17.2 Å². The molecule has 2 heteroatoms. The molecule has 0 spiro atoms. The van der Waals surface area contributed by atoms with Crippen molar-refractivity contribution in [2.75, 3.05) is 6.61 Å². The summed E-state index contributed by atoms with van der Waals surface area (Å²) < 4.78 is 4.79. The first-order valence-electron chi connectivity index (χ1n) is 4.91. The fourth-order valence-electron chi connectivity index (χ4n) is 0.933. The molecule has 0 N–H and O–H groups in total. The van der Waals surface area contributed by atoms with Crippen LogP contribution in [0.2, 0.25) is 0 Å². The smallest absolute Gasteiger partial charge is 0.330 e. The van der Waals surface area contributed by atoms with Gasteiger partial charge in [-0.1, -0.05) is 30.7 Å². The first-order valence-corrected chi connectivity index (χ1v) is 4.91. The van der Waals surface area contributed by atoms with Gasteiger partial charge in [-0.3, -0.25) is 0 Å². The van der Waals surface area contributed by atoms with Crippen LogP contribution in [0, 0.1) is 12.3 Å². The number of carbonyl (C=O) groups excluding carboxylic acids is 1. The van der Waals surface area contributed by atoms with E-state index in [1.54, 1.807) is 6.08 Å². The van der Waals surface area contributed by atoms with Crippen LogP contribution in [-0.4, -0.2) is 12.6 Å². The van der Waals surface area contributed by atoms with Crippen molar-refractivity contribution in [1.29, 1.82) is 0 Å². The van der Waals surface area contributed by atoms with Crippen molar-refractivity contribution in [1.82, 2.24) is 0 Å². The third kappa shape index (κ3) is 5.66. The molecule has 0 heterocycles. The monoisotopic (exact) mass is 216 g/mol. The van der Waals surface area contributed by atoms with Crippen LogP contribution in [0.15, 0.2) is 48.1 Å². The minimum Gasteiger partial charge on any atom is -0.458 e. The van der Waals surface area contributed by atoms with Crippen molar-refractivity contribution in [3.63, 3.8) is 0 Å². The molecular weight excluding hydrogens is 200 g/mol. The van der Waals surface area contributed by atoms with E-state index in [2.05, 4.69) is 12.5 Å². The fraction of sp³-hybridized carbons (Fsp3) is 0.214. The van der Waals surface area contributed by atoms with Gasteiger partial charge in [0.15, 0.2) is 0 Å². The maximum Gasteiger partial charge on any atom is 0.330 e. The number of hydrogen-bond donors (Lipinski definition) is 0. The summed E-state index contributed by atoms with van der Waals surface area (Å²) in [6.45, 7) is 7.28. The second-order valence-corrected chi connectivity index (χ2v) is 2.96. The molecule has 0 aromatic heterocycles. The van der Waals surface area contributed by atoms with Gasteiger partial charge in [-0.2, -0.15) is 0 Å². The minimum absolute atomic E-state index is 0.212. The van der Waals surface area contributed by atoms with Gasteiger partial charge >= 0.3 is 5.97 Å². The summed E-state index contributed by atoms with van der Waals surface area (Å²) in [5.41, 5.74) is 1.77. The molecular formula is C14H16O2. The number of ether oxygens (including phenoxy) is 1. The molecule has 0 saturated carbocycles. The number of terminal acetylenes is 1. The van der Waals surface area contributed by atoms with E-state index in [-0.39, 0.29) is 6.61 Å². The van der Waals surface area contributed by atoms with Crippen molar-refractivity contribution >= 4 is 5.97 Å². The van der Waals surface area contributed by atoms with E-state index in [9.17, 15) is 4.79 Å². The van der Waals surface area contributed by atoms with E-state index in [4.69, 9.17) is 11.2 Å². The molecule has 0 saturated heterocycles. The van der Waals surface area contributed by atoms with E-state index >= 15 is 0 Å². The standard InChI is InChI=1S/C14H16O2/c1-5-9-13(12(4)6-2)10-8-11-16-14(15)7-3/h2,5,7-10H,3,11H2,1,4H3/b9-5-,10-8-,13-12-. The highest BCUT2D eigenvalue weighted by Gasteiger charge is 1.93. The van der Waals surface area contributed by atoms with E-state index < -0.39 is 5.97 Å². The molecule has 0 aliphatic carbocycles. The van der Waals surface area contributed by atoms with E-state index in [0.29, 0.717) is 0 Å². The van der Waals surface area contributed by atoms with Crippen LogP contribution in [0.4, 0.5) is 0 Å². The molecule has 16 heavy (non-hydrogen) atoms. The number of allylic oxidation sites excluding steroid dienone is 5. The summed E-state index contributed by atoms with van der Waals surface area (Å²) in [4.78, 5) is 10.7. The Bertz CT molecular complexity index is 376. The lowest BCUT2D eigenvalue weighted by Crippen LogP contribution is -1.99. The minimum atomic E-state index is -0.435. The zero-order valence-corrected chi connectivity index (χ0v) is 9.69. The van der Waals surface area contributed by atoms with Crippen LogP contribution in [0.1, 0.15) is 13.8 Å². The van der Waals surface area contributed by atoms with E-state index in [1.807, 2.05) is 32.1 Å². The van der Waals surface area contributed by atoms with Crippen LogP contribution in [0.3, 0.4) is 0 Å². The number of hydrogen-bond acceptors (Lipinski definition) is 2. The lowest BCUT2D eigenvalue weighted by Gasteiger charge is -1.98. The zero-order chi connectivity index (χ0) is 12.4. The maximum atomic E-state index is 10.7. The highest BCUT2D eigenvalue weighted by molar-refractivity contribution is 5.81. The molecule has 0 aromatic carbocycles. The average Bonchev–Trinajstić information content (AvgIpc) is 2.31. The fourth-order valence-corrected chi connectivity index (χ4v) is 0.933. The third-order valence-electron chi connectivity index (χ3n) is 1.78. The van der Waals surface area contributed by atoms with Crippen LogP contribution < -0.4 is 0 Å². The van der Waals surface area contributed by atoms with Gasteiger partial charge in [0.25, 0.3) is 0 Å². The molecule has 0 amide bonds. The molecule has 0 aliphatic rings. The molecule has 0 atom stereocenters. The molecule has 0 rings (SSSR count). The Morgan fingerprint density at radius 1 is 1.50 bits per heavy atom. The molecule has 0 fully saturated rings. The molecule has 0 radical (unpaired) electrons. The van der Waals surface area contributed by atoms with Gasteiger partial charge in [0.05, 0.1) is 0 Å². The molecule has 0 aromatic rings. The Labute approximate surface area is 97.0 Å². The van der Waals surface area contributed by atoms with Gasteiger partial charge in [-0.05, 0) is 25.5 Å². The normalized spacial score (nSPS) is 12.3. The quantitative estimate of drug-likeness (QED) is 0.306. The van der Waals surface area contributed by atoms with Gasteiger partial charge in [0.1, 0.15) is 6.61 Å². The summed E-state index contributed by atoms with van der Waals surface area (Å²) in [5.74, 6) is 2.13. The molecule has 2 nitrogen and oxygen atoms in total. The summed E-state index contributed by atoms with van der Waals surface area (Å²) >= 11 is 0. The summed E-state index contributed by atoms with van der Waals surface area (Å²) in [5, 5.41) is 0. The largest absolute Gasteiger partial charge is 0.458 e. The second-order valence-electron chi connectivity index (χ2n) is 2.96. The molecule has 0 unspecified atom stereocenters. The van der Waals surface area contributed by atoms with Crippen molar-refractivity contribution in [2.45, 2.75) is 13.8 Å². The lowest BCUT2D eigenvalue weighted by molar-refractivity contribution is -0.136. The Kier molecular flexibility index (Phi) is 7.27. The van der Waals surface area contributed by atoms with Gasteiger partial charge in [-0.15, -0.1) is 6.42 Å². The average molecular weight is 216 g/mol. The predicted octanol–water partition coefficient (Wildman–Crippen LogP) is 2.80. The van der Waals surface area contributed by atoms with Crippen molar-refractivity contribution in [3.05, 3.63) is 48.1 Å².